The van der Waals surface area contributed by atoms with Crippen LogP contribution >= 0.6 is 0 Å². The third-order valence-electron chi connectivity index (χ3n) is 5.77. The number of nitrogens with zero attached hydrogens (tertiary/aromatic N) is 3. The number of aromatic nitrogens is 2. The number of fused-ring (bicyclic) bond motifs is 1. The number of benzene rings is 1. The van der Waals surface area contributed by atoms with Crippen LogP contribution < -0.4 is 5.14 Å². The van der Waals surface area contributed by atoms with Crippen LogP contribution in [-0.4, -0.2) is 75.3 Å². The average Bonchev–Trinajstić information content (AvgIpc) is 3.16. The summed E-state index contributed by atoms with van der Waals surface area (Å²) in [7, 11) is -0.146. The molecular weight excluding hydrogens is 507 g/mol. The van der Waals surface area contributed by atoms with Crippen LogP contribution in [-0.2, 0) is 35.4 Å². The molecule has 0 aliphatic heterocycles. The maximum Gasteiger partial charge on any atom is 0.410 e. The first-order chi connectivity index (χ1) is 17.4. The molecule has 0 saturated carbocycles. The van der Waals surface area contributed by atoms with Crippen LogP contribution in [0.25, 0.3) is 16.9 Å². The Morgan fingerprint density at radius 2 is 1.84 bits per heavy atom. The quantitative estimate of drug-likeness (QED) is 0.389. The van der Waals surface area contributed by atoms with Crippen LogP contribution in [0.15, 0.2) is 35.4 Å². The van der Waals surface area contributed by atoms with Crippen molar-refractivity contribution in [2.24, 2.45) is 5.14 Å². The fourth-order valence-corrected chi connectivity index (χ4v) is 4.57. The Bertz CT molecular complexity index is 1410. The molecule has 0 fully saturated rings. The number of pyridine rings is 1. The monoisotopic (exact) mass is 536 g/mol. The highest BCUT2D eigenvalue weighted by molar-refractivity contribution is 7.89. The number of Topliss-reactive ketones (excluding diaryl/α,β-unsaturated/α-hetero) is 1. The summed E-state index contributed by atoms with van der Waals surface area (Å²) >= 11 is 0. The highest BCUT2D eigenvalue weighted by Crippen LogP contribution is 2.32. The van der Waals surface area contributed by atoms with E-state index in [1.165, 1.54) is 34.3 Å². The maximum atomic E-state index is 15.3. The van der Waals surface area contributed by atoms with Gasteiger partial charge in [-0.3, -0.25) is 9.69 Å². The minimum atomic E-state index is -4.13. The topological polar surface area (TPSA) is 143 Å². The van der Waals surface area contributed by atoms with Gasteiger partial charge in [-0.2, -0.15) is 0 Å². The molecule has 0 aliphatic carbocycles. The first-order valence-corrected chi connectivity index (χ1v) is 12.6. The number of sulfonamides is 1. The number of methoxy groups -OCH3 is 3. The van der Waals surface area contributed by atoms with Crippen LogP contribution in [0.3, 0.4) is 0 Å². The molecule has 0 bridgehead atoms. The molecule has 0 atom stereocenters. The lowest BCUT2D eigenvalue weighted by Gasteiger charge is -2.24. The van der Waals surface area contributed by atoms with E-state index in [0.29, 0.717) is 11.3 Å². The van der Waals surface area contributed by atoms with Gasteiger partial charge in [-0.1, -0.05) is 0 Å². The maximum absolute atomic E-state index is 15.3. The lowest BCUT2D eigenvalue weighted by atomic mass is 10.0. The summed E-state index contributed by atoms with van der Waals surface area (Å²) in [5, 5.41) is 5.17. The van der Waals surface area contributed by atoms with Crippen molar-refractivity contribution in [3.63, 3.8) is 0 Å². The Hall–Kier alpha value is -3.39. The fourth-order valence-electron chi connectivity index (χ4n) is 3.96. The predicted octanol–water partition coefficient (Wildman–Crippen LogP) is 2.20. The van der Waals surface area contributed by atoms with Gasteiger partial charge in [0, 0.05) is 26.0 Å². The Balaban J connectivity index is 2.07. The van der Waals surface area contributed by atoms with Crippen molar-refractivity contribution >= 4 is 27.5 Å². The van der Waals surface area contributed by atoms with Crippen molar-refractivity contribution < 1.29 is 36.6 Å². The number of primary sulfonamides is 1. The van der Waals surface area contributed by atoms with Crippen LogP contribution in [0, 0.1) is 19.7 Å². The average molecular weight is 537 g/mol. The van der Waals surface area contributed by atoms with Crippen LogP contribution in [0.4, 0.5) is 9.18 Å². The number of carbonyl (C=O) groups excluding carboxylic acids is 2. The Morgan fingerprint density at radius 1 is 1.16 bits per heavy atom. The van der Waals surface area contributed by atoms with Gasteiger partial charge in [0.2, 0.25) is 10.0 Å². The van der Waals surface area contributed by atoms with E-state index < -0.39 is 28.2 Å². The number of aryl methyl sites for hydroxylation is 2. The Kier molecular flexibility index (Phi) is 8.64. The molecule has 2 N–H and O–H groups in total. The molecule has 0 radical (unpaired) electrons. The lowest BCUT2D eigenvalue weighted by molar-refractivity contribution is -0.125. The molecule has 3 aromatic rings. The molecule has 2 heterocycles. The number of ketones is 1. The fraction of sp³-hybridized carbons (Fsp3) is 0.375. The predicted molar refractivity (Wildman–Crippen MR) is 132 cm³/mol. The molecule has 13 heteroatoms. The van der Waals surface area contributed by atoms with E-state index in [4.69, 9.17) is 19.3 Å². The minimum Gasteiger partial charge on any atom is -0.453 e. The van der Waals surface area contributed by atoms with Crippen molar-refractivity contribution in [2.75, 3.05) is 34.4 Å². The Labute approximate surface area is 214 Å². The lowest BCUT2D eigenvalue weighted by Crippen LogP contribution is -2.42. The normalized spacial score (nSPS) is 11.8. The standard InChI is InChI=1S/C24H29FN4O7S/c1-14-6-7-29-19(10-16(30)12-28(24(31)36-5)13-21(34-3)35-4)23(27-20(29)8-14)22-15(2)9-17(11-18(22)25)37(26,32)33/h6-9,11,21H,10,12-13H2,1-5H3,(H2,26,32,33). The largest absolute Gasteiger partial charge is 0.453 e. The number of hydrogen-bond donors (Lipinski definition) is 1. The van der Waals surface area contributed by atoms with Gasteiger partial charge in [-0.05, 0) is 49.2 Å². The third-order valence-corrected chi connectivity index (χ3v) is 6.66. The molecule has 1 amide bonds. The molecule has 0 spiro atoms. The van der Waals surface area contributed by atoms with E-state index in [0.717, 1.165) is 16.5 Å². The van der Waals surface area contributed by atoms with Gasteiger partial charge in [0.1, 0.15) is 11.5 Å². The van der Waals surface area contributed by atoms with Crippen LogP contribution in [0.1, 0.15) is 16.8 Å². The van der Waals surface area contributed by atoms with Crippen molar-refractivity contribution in [1.82, 2.24) is 14.3 Å². The van der Waals surface area contributed by atoms with E-state index in [1.807, 2.05) is 13.0 Å². The van der Waals surface area contributed by atoms with Crippen LogP contribution in [0.5, 0.6) is 0 Å². The van der Waals surface area contributed by atoms with Crippen molar-refractivity contribution in [1.29, 1.82) is 0 Å². The van der Waals surface area contributed by atoms with E-state index in [-0.39, 0.29) is 47.0 Å². The third kappa shape index (κ3) is 6.31. The van der Waals surface area contributed by atoms with E-state index >= 15 is 4.39 Å². The smallest absolute Gasteiger partial charge is 0.410 e. The molecule has 3 rings (SSSR count). The molecule has 200 valence electrons. The molecule has 0 aliphatic rings. The van der Waals surface area contributed by atoms with Gasteiger partial charge in [0.05, 0.1) is 42.9 Å². The summed E-state index contributed by atoms with van der Waals surface area (Å²) in [6.07, 6.45) is -0.0371. The second-order valence-electron chi connectivity index (χ2n) is 8.45. The van der Waals surface area contributed by atoms with E-state index in [1.54, 1.807) is 16.7 Å². The summed E-state index contributed by atoms with van der Waals surface area (Å²) in [5.74, 6) is -1.24. The van der Waals surface area contributed by atoms with E-state index in [9.17, 15) is 18.0 Å². The number of amides is 1. The van der Waals surface area contributed by atoms with Gasteiger partial charge in [0.15, 0.2) is 12.1 Å². The number of ether oxygens (including phenoxy) is 3. The number of imidazole rings is 1. The molecular formula is C24H29FN4O7S. The highest BCUT2D eigenvalue weighted by Gasteiger charge is 2.26. The van der Waals surface area contributed by atoms with Gasteiger partial charge < -0.3 is 18.6 Å². The summed E-state index contributed by atoms with van der Waals surface area (Å²) < 4.78 is 55.5. The molecule has 1 aromatic carbocycles. The van der Waals surface area contributed by atoms with Gasteiger partial charge in [-0.25, -0.2) is 27.7 Å². The second-order valence-corrected chi connectivity index (χ2v) is 10.0. The van der Waals surface area contributed by atoms with Gasteiger partial charge >= 0.3 is 6.09 Å². The first kappa shape index (κ1) is 28.2. The van der Waals surface area contributed by atoms with E-state index in [2.05, 4.69) is 4.98 Å². The molecule has 0 unspecified atom stereocenters. The molecule has 37 heavy (non-hydrogen) atoms. The summed E-state index contributed by atoms with van der Waals surface area (Å²) in [6.45, 7) is 3.00. The number of nitrogens with two attached hydrogens (primary N) is 1. The highest BCUT2D eigenvalue weighted by atomic mass is 32.2. The summed E-state index contributed by atoms with van der Waals surface area (Å²) in [6, 6.07) is 5.66. The summed E-state index contributed by atoms with van der Waals surface area (Å²) in [4.78, 5) is 30.8. The zero-order valence-electron chi connectivity index (χ0n) is 21.1. The number of carbonyl (C=O) groups is 2. The molecule has 0 saturated heterocycles. The molecule has 11 nitrogen and oxygen atoms in total. The second kappa shape index (κ2) is 11.3. The van der Waals surface area contributed by atoms with Crippen molar-refractivity contribution in [2.45, 2.75) is 31.5 Å². The zero-order chi connectivity index (χ0) is 27.5. The minimum absolute atomic E-state index is 0.0419. The summed E-state index contributed by atoms with van der Waals surface area (Å²) in [5.41, 5.74) is 2.22. The SMILES string of the molecule is COC(=O)N(CC(=O)Cc1c(-c2c(C)cc(S(N)(=O)=O)cc2F)nc2cc(C)ccn12)CC(OC)OC. The van der Waals surface area contributed by atoms with Gasteiger partial charge in [0.25, 0.3) is 0 Å². The zero-order valence-corrected chi connectivity index (χ0v) is 22.0. The number of hydrogen-bond acceptors (Lipinski definition) is 8. The molecule has 2 aromatic heterocycles. The Morgan fingerprint density at radius 3 is 2.41 bits per heavy atom. The van der Waals surface area contributed by atoms with Gasteiger partial charge in [-0.15, -0.1) is 0 Å². The van der Waals surface area contributed by atoms with Crippen LogP contribution in [0.2, 0.25) is 0 Å². The number of rotatable bonds is 10. The first-order valence-electron chi connectivity index (χ1n) is 11.1. The van der Waals surface area contributed by atoms with Crippen molar-refractivity contribution in [3.8, 4) is 11.3 Å². The number of halogens is 1. The van der Waals surface area contributed by atoms with Crippen molar-refractivity contribution in [3.05, 3.63) is 53.1 Å².